The monoisotopic (exact) mass is 256 g/mol. The molecule has 6 heteroatoms. The zero-order chi connectivity index (χ0) is 12.1. The molecule has 1 atom stereocenters. The van der Waals surface area contributed by atoms with Crippen LogP contribution in [0.2, 0.25) is 32.2 Å². The van der Waals surface area contributed by atoms with Crippen molar-refractivity contribution >= 4 is 15.4 Å². The highest BCUT2D eigenvalue weighted by Crippen LogP contribution is 2.46. The van der Waals surface area contributed by atoms with Gasteiger partial charge in [-0.1, -0.05) is 19.1 Å². The zero-order valence-electron chi connectivity index (χ0n) is 9.96. The van der Waals surface area contributed by atoms with Gasteiger partial charge in [0.25, 0.3) is 0 Å². The van der Waals surface area contributed by atoms with Crippen LogP contribution < -0.4 is 0 Å². The minimum absolute atomic E-state index is 0.131. The molecule has 1 aliphatic rings. The highest BCUT2D eigenvalue weighted by Gasteiger charge is 2.61. The van der Waals surface area contributed by atoms with Crippen LogP contribution in [0.1, 0.15) is 13.3 Å². The third kappa shape index (κ3) is 2.17. The van der Waals surface area contributed by atoms with Crippen LogP contribution in [0, 0.1) is 0 Å². The van der Waals surface area contributed by atoms with Gasteiger partial charge in [-0.05, 0) is 26.4 Å². The van der Waals surface area contributed by atoms with Crippen LogP contribution >= 0.6 is 0 Å². The Labute approximate surface area is 90.9 Å². The van der Waals surface area contributed by atoms with E-state index in [1.807, 2.05) is 13.1 Å². The van der Waals surface area contributed by atoms with Crippen LogP contribution in [-0.4, -0.2) is 27.2 Å². The molecule has 0 N–H and O–H groups in total. The van der Waals surface area contributed by atoms with Gasteiger partial charge in [0.2, 0.25) is 0 Å². The van der Waals surface area contributed by atoms with Crippen molar-refractivity contribution in [3.05, 3.63) is 0 Å². The fourth-order valence-corrected chi connectivity index (χ4v) is 8.81. The van der Waals surface area contributed by atoms with Crippen LogP contribution in [0.4, 0.5) is 13.2 Å². The van der Waals surface area contributed by atoms with Crippen LogP contribution in [0.3, 0.4) is 0 Å². The average Bonchev–Trinajstić information content (AvgIpc) is 1.95. The molecule has 90 valence electrons. The van der Waals surface area contributed by atoms with Gasteiger partial charge in [-0.25, -0.2) is 0 Å². The summed E-state index contributed by atoms with van der Waals surface area (Å²) in [7, 11) is -3.71. The Hall–Kier alpha value is 0.184. The van der Waals surface area contributed by atoms with Gasteiger partial charge in [0.15, 0.2) is 7.83 Å². The average molecular weight is 256 g/mol. The van der Waals surface area contributed by atoms with Crippen molar-refractivity contribution < 1.29 is 17.6 Å². The maximum atomic E-state index is 12.8. The summed E-state index contributed by atoms with van der Waals surface area (Å²) >= 11 is 0. The van der Waals surface area contributed by atoms with E-state index in [-0.39, 0.29) is 6.42 Å². The zero-order valence-corrected chi connectivity index (χ0v) is 12.0. The molecule has 0 aromatic rings. The van der Waals surface area contributed by atoms with Gasteiger partial charge in [-0.2, -0.15) is 13.2 Å². The predicted molar refractivity (Wildman–Crippen MR) is 59.9 cm³/mol. The Balaban J connectivity index is 2.97. The summed E-state index contributed by atoms with van der Waals surface area (Å²) in [4.78, 5) is 0. The van der Waals surface area contributed by atoms with Crippen LogP contribution in [-0.2, 0) is 4.43 Å². The molecule has 1 unspecified atom stereocenters. The fourth-order valence-electron chi connectivity index (χ4n) is 1.80. The highest BCUT2D eigenvalue weighted by molar-refractivity contribution is 7.38. The minimum Gasteiger partial charge on any atom is -0.406 e. The topological polar surface area (TPSA) is 9.23 Å². The number of hydrogen-bond donors (Lipinski definition) is 0. The molecule has 1 nitrogen and oxygen atoms in total. The van der Waals surface area contributed by atoms with Crippen LogP contribution in [0.15, 0.2) is 0 Å². The second-order valence-corrected chi connectivity index (χ2v) is 20.9. The molecule has 1 rings (SSSR count). The van der Waals surface area contributed by atoms with Gasteiger partial charge in [-0.3, -0.25) is 0 Å². The van der Waals surface area contributed by atoms with Crippen molar-refractivity contribution in [3.8, 4) is 0 Å². The summed E-state index contributed by atoms with van der Waals surface area (Å²) in [6.07, 6.45) is -4.10. The van der Waals surface area contributed by atoms with Crippen molar-refractivity contribution in [2.75, 3.05) is 0 Å². The molecule has 0 bridgehead atoms. The molecular formula is C9H19F3OSi2. The lowest BCUT2D eigenvalue weighted by molar-refractivity contribution is -0.246. The molecule has 1 aliphatic heterocycles. The smallest absolute Gasteiger partial charge is 0.406 e. The molecular weight excluding hydrogens is 237 g/mol. The third-order valence-corrected chi connectivity index (χ3v) is 20.5. The molecule has 0 aromatic carbocycles. The second-order valence-electron chi connectivity index (χ2n) is 5.72. The van der Waals surface area contributed by atoms with Crippen molar-refractivity contribution in [1.29, 1.82) is 0 Å². The van der Waals surface area contributed by atoms with E-state index >= 15 is 0 Å². The molecule has 0 aliphatic carbocycles. The van der Waals surface area contributed by atoms with Crippen molar-refractivity contribution in [2.45, 2.75) is 57.4 Å². The maximum absolute atomic E-state index is 12.8. The molecule has 0 spiro atoms. The molecule has 15 heavy (non-hydrogen) atoms. The highest BCUT2D eigenvalue weighted by atomic mass is 29.3. The second kappa shape index (κ2) is 3.34. The van der Waals surface area contributed by atoms with E-state index < -0.39 is 27.2 Å². The van der Waals surface area contributed by atoms with Crippen LogP contribution in [0.5, 0.6) is 0 Å². The first-order valence-corrected chi connectivity index (χ1v) is 12.3. The third-order valence-electron chi connectivity index (χ3n) is 3.94. The summed E-state index contributed by atoms with van der Waals surface area (Å²) in [6, 6.07) is 0.724. The molecule has 0 amide bonds. The first kappa shape index (κ1) is 13.2. The van der Waals surface area contributed by atoms with E-state index in [0.29, 0.717) is 0 Å². The molecule has 1 heterocycles. The summed E-state index contributed by atoms with van der Waals surface area (Å²) in [5.74, 6) is 0. The largest absolute Gasteiger partial charge is 0.415 e. The summed E-state index contributed by atoms with van der Waals surface area (Å²) in [5, 5.41) is 0. The van der Waals surface area contributed by atoms with Gasteiger partial charge >= 0.3 is 6.18 Å². The lowest BCUT2D eigenvalue weighted by atomic mass is 10.0. The first-order chi connectivity index (χ1) is 6.41. The fraction of sp³-hybridized carbons (Fsp3) is 1.00. The van der Waals surface area contributed by atoms with E-state index in [9.17, 15) is 13.2 Å². The molecule has 1 saturated heterocycles. The number of rotatable bonds is 0. The van der Waals surface area contributed by atoms with E-state index in [4.69, 9.17) is 4.43 Å². The van der Waals surface area contributed by atoms with Crippen molar-refractivity contribution in [3.63, 3.8) is 0 Å². The molecule has 0 radical (unpaired) electrons. The Morgan fingerprint density at radius 2 is 1.60 bits per heavy atom. The lowest BCUT2D eigenvalue weighted by Crippen LogP contribution is -2.67. The SMILES string of the molecule is CC1(C(F)(F)F)CC[Si](C)(C)[Si](C)(C)O1. The van der Waals surface area contributed by atoms with Gasteiger partial charge in [-0.15, -0.1) is 0 Å². The van der Waals surface area contributed by atoms with Gasteiger partial charge in [0.1, 0.15) is 5.60 Å². The summed E-state index contributed by atoms with van der Waals surface area (Å²) < 4.78 is 44.0. The maximum Gasteiger partial charge on any atom is 0.415 e. The van der Waals surface area contributed by atoms with E-state index in [0.717, 1.165) is 6.04 Å². The number of alkyl halides is 3. The van der Waals surface area contributed by atoms with Crippen molar-refractivity contribution in [2.24, 2.45) is 0 Å². The van der Waals surface area contributed by atoms with E-state index in [1.165, 1.54) is 6.92 Å². The Bertz CT molecular complexity index is 263. The van der Waals surface area contributed by atoms with Gasteiger partial charge < -0.3 is 4.43 Å². The number of hydrogen-bond acceptors (Lipinski definition) is 1. The van der Waals surface area contributed by atoms with Crippen molar-refractivity contribution in [1.82, 2.24) is 0 Å². The predicted octanol–water partition coefficient (Wildman–Crippen LogP) is 3.72. The lowest BCUT2D eigenvalue weighted by Gasteiger charge is -2.51. The van der Waals surface area contributed by atoms with Gasteiger partial charge in [0, 0.05) is 0 Å². The minimum atomic E-state index is -4.23. The standard InChI is InChI=1S/C9H19F3OSi2/c1-8(9(10,11)12)6-7-14(2,3)15(4,5)13-8/h6-7H2,1-5H3. The summed E-state index contributed by atoms with van der Waals surface area (Å²) in [5.41, 5.74) is -1.90. The quantitative estimate of drug-likeness (QED) is 0.600. The van der Waals surface area contributed by atoms with E-state index in [1.54, 1.807) is 0 Å². The molecule has 0 aromatic heterocycles. The van der Waals surface area contributed by atoms with Crippen LogP contribution in [0.25, 0.3) is 0 Å². The molecule has 1 fully saturated rings. The first-order valence-electron chi connectivity index (χ1n) is 5.18. The van der Waals surface area contributed by atoms with Gasteiger partial charge in [0.05, 0.1) is 7.59 Å². The summed E-state index contributed by atoms with van der Waals surface area (Å²) in [6.45, 7) is 9.36. The Morgan fingerprint density at radius 1 is 1.13 bits per heavy atom. The Kier molecular flexibility index (Phi) is 2.95. The number of halogens is 3. The molecule has 0 saturated carbocycles. The normalized spacial score (nSPS) is 35.2. The van der Waals surface area contributed by atoms with E-state index in [2.05, 4.69) is 13.1 Å². The Morgan fingerprint density at radius 3 is 1.93 bits per heavy atom.